The average molecular weight is 421 g/mol. The molecule has 0 spiro atoms. The van der Waals surface area contributed by atoms with Crippen molar-refractivity contribution in [3.8, 4) is 11.5 Å². The topological polar surface area (TPSA) is 93.7 Å². The van der Waals surface area contributed by atoms with Crippen molar-refractivity contribution in [2.24, 2.45) is 0 Å². The minimum Gasteiger partial charge on any atom is -0.493 e. The summed E-state index contributed by atoms with van der Waals surface area (Å²) in [5.41, 5.74) is 1.04. The van der Waals surface area contributed by atoms with E-state index in [2.05, 4.69) is 0 Å². The van der Waals surface area contributed by atoms with Gasteiger partial charge in [0.1, 0.15) is 12.2 Å². The Labute approximate surface area is 170 Å². The monoisotopic (exact) mass is 420 g/mol. The molecule has 0 bridgehead atoms. The van der Waals surface area contributed by atoms with Crippen LogP contribution in [0.1, 0.15) is 11.1 Å². The van der Waals surface area contributed by atoms with Crippen molar-refractivity contribution in [3.63, 3.8) is 0 Å². The Balaban J connectivity index is 1.87. The Morgan fingerprint density at radius 2 is 1.75 bits per heavy atom. The summed E-state index contributed by atoms with van der Waals surface area (Å²) >= 11 is 12.3. The molecule has 9 heteroatoms. The summed E-state index contributed by atoms with van der Waals surface area (Å²) in [5.74, 6) is -0.983. The minimum absolute atomic E-state index is 0.212. The highest BCUT2D eigenvalue weighted by Gasteiger charge is 2.27. The second-order valence-corrected chi connectivity index (χ2v) is 6.59. The molecule has 28 heavy (non-hydrogen) atoms. The number of hydrogen-bond acceptors (Lipinski definition) is 5. The van der Waals surface area contributed by atoms with E-state index in [0.29, 0.717) is 22.1 Å². The molecular weight excluding hydrogens is 407 g/mol. The summed E-state index contributed by atoms with van der Waals surface area (Å²) in [6, 6.07) is 9.39. The van der Waals surface area contributed by atoms with Crippen LogP contribution in [0.5, 0.6) is 11.5 Å². The third kappa shape index (κ3) is 4.44. The fraction of sp³-hybridized carbons (Fsp3) is 0.105. The highest BCUT2D eigenvalue weighted by molar-refractivity contribution is 6.33. The molecule has 1 heterocycles. The minimum atomic E-state index is -0.868. The normalized spacial score (nSPS) is 13.7. The lowest BCUT2D eigenvalue weighted by Gasteiger charge is -2.15. The van der Waals surface area contributed by atoms with Gasteiger partial charge in [-0.2, -0.15) is 0 Å². The van der Waals surface area contributed by atoms with Gasteiger partial charge in [-0.3, -0.25) is 20.2 Å². The number of hydrogen-bond donors (Lipinski definition) is 2. The number of carbonyl (C=O) groups excluding carboxylic acids is 3. The molecule has 0 radical (unpaired) electrons. The Morgan fingerprint density at radius 3 is 2.39 bits per heavy atom. The summed E-state index contributed by atoms with van der Waals surface area (Å²) in [6.07, 6.45) is 1.30. The predicted octanol–water partition coefficient (Wildman–Crippen LogP) is 3.33. The van der Waals surface area contributed by atoms with E-state index in [-0.39, 0.29) is 17.2 Å². The van der Waals surface area contributed by atoms with Crippen LogP contribution in [0.15, 0.2) is 42.0 Å². The lowest BCUT2D eigenvalue weighted by molar-refractivity contribution is -0.123. The van der Waals surface area contributed by atoms with Crippen molar-refractivity contribution < 1.29 is 23.9 Å². The number of nitrogens with one attached hydrogen (secondary N) is 2. The molecule has 0 saturated carbocycles. The fourth-order valence-corrected chi connectivity index (χ4v) is 3.01. The molecular formula is C19H14Cl2N2O5. The largest absolute Gasteiger partial charge is 0.493 e. The molecule has 2 aromatic carbocycles. The molecule has 144 valence electrons. The van der Waals surface area contributed by atoms with Crippen LogP contribution in [0, 0.1) is 0 Å². The number of rotatable bonds is 5. The van der Waals surface area contributed by atoms with E-state index in [0.717, 1.165) is 5.56 Å². The van der Waals surface area contributed by atoms with Gasteiger partial charge in [0.05, 0.1) is 12.1 Å². The smallest absolute Gasteiger partial charge is 0.328 e. The Hall–Kier alpha value is -3.03. The lowest BCUT2D eigenvalue weighted by atomic mass is 10.1. The van der Waals surface area contributed by atoms with E-state index in [9.17, 15) is 14.4 Å². The van der Waals surface area contributed by atoms with Gasteiger partial charge in [-0.05, 0) is 41.5 Å². The molecule has 1 aliphatic rings. The first-order valence-corrected chi connectivity index (χ1v) is 8.76. The Morgan fingerprint density at radius 1 is 1.04 bits per heavy atom. The molecule has 1 aliphatic heterocycles. The number of imide groups is 2. The molecule has 2 N–H and O–H groups in total. The van der Waals surface area contributed by atoms with Gasteiger partial charge in [0.15, 0.2) is 11.5 Å². The van der Waals surface area contributed by atoms with Crippen LogP contribution in [0.2, 0.25) is 10.0 Å². The van der Waals surface area contributed by atoms with E-state index >= 15 is 0 Å². The highest BCUT2D eigenvalue weighted by atomic mass is 35.5. The second kappa shape index (κ2) is 8.33. The highest BCUT2D eigenvalue weighted by Crippen LogP contribution is 2.37. The van der Waals surface area contributed by atoms with Gasteiger partial charge in [-0.25, -0.2) is 4.79 Å². The zero-order chi connectivity index (χ0) is 20.3. The maximum absolute atomic E-state index is 11.9. The molecule has 0 atom stereocenters. The fourth-order valence-electron chi connectivity index (χ4n) is 2.52. The average Bonchev–Trinajstić information content (AvgIpc) is 2.63. The quantitative estimate of drug-likeness (QED) is 0.571. The van der Waals surface area contributed by atoms with Crippen LogP contribution in [0.4, 0.5) is 4.79 Å². The number of carbonyl (C=O) groups is 3. The SMILES string of the molecule is COc1cc(C=C2C(=O)NC(=O)NC2=O)cc(Cl)c1OCc1cccc(Cl)c1. The number of halogens is 2. The predicted molar refractivity (Wildman–Crippen MR) is 103 cm³/mol. The summed E-state index contributed by atoms with van der Waals surface area (Å²) in [6.45, 7) is 0.212. The number of urea groups is 1. The van der Waals surface area contributed by atoms with Crippen LogP contribution in [-0.4, -0.2) is 25.0 Å². The summed E-state index contributed by atoms with van der Waals surface area (Å²) in [4.78, 5) is 34.8. The van der Waals surface area contributed by atoms with E-state index in [1.54, 1.807) is 24.3 Å². The van der Waals surface area contributed by atoms with Crippen LogP contribution in [0.25, 0.3) is 6.08 Å². The Kier molecular flexibility index (Phi) is 5.87. The Bertz CT molecular complexity index is 982. The van der Waals surface area contributed by atoms with Gasteiger partial charge >= 0.3 is 6.03 Å². The third-order valence-corrected chi connectivity index (χ3v) is 4.29. The van der Waals surface area contributed by atoms with Gasteiger partial charge in [-0.15, -0.1) is 0 Å². The van der Waals surface area contributed by atoms with E-state index in [1.165, 1.54) is 19.3 Å². The van der Waals surface area contributed by atoms with Gasteiger partial charge in [0, 0.05) is 5.02 Å². The maximum atomic E-state index is 11.9. The molecule has 2 aromatic rings. The molecule has 7 nitrogen and oxygen atoms in total. The van der Waals surface area contributed by atoms with Crippen molar-refractivity contribution >= 4 is 47.1 Å². The molecule has 4 amide bonds. The first-order valence-electron chi connectivity index (χ1n) is 8.00. The van der Waals surface area contributed by atoms with Gasteiger partial charge < -0.3 is 9.47 Å². The molecule has 1 fully saturated rings. The van der Waals surface area contributed by atoms with Crippen LogP contribution in [0.3, 0.4) is 0 Å². The van der Waals surface area contributed by atoms with E-state index in [4.69, 9.17) is 32.7 Å². The van der Waals surface area contributed by atoms with Crippen molar-refractivity contribution in [2.45, 2.75) is 6.61 Å². The van der Waals surface area contributed by atoms with Crippen LogP contribution >= 0.6 is 23.2 Å². The van der Waals surface area contributed by atoms with Gasteiger partial charge in [0.25, 0.3) is 11.8 Å². The number of ether oxygens (including phenoxy) is 2. The molecule has 0 aliphatic carbocycles. The first-order chi connectivity index (χ1) is 13.4. The summed E-state index contributed by atoms with van der Waals surface area (Å²) in [5, 5.41) is 4.81. The van der Waals surface area contributed by atoms with Crippen molar-refractivity contribution in [1.82, 2.24) is 10.6 Å². The zero-order valence-corrected chi connectivity index (χ0v) is 16.1. The van der Waals surface area contributed by atoms with Crippen LogP contribution in [-0.2, 0) is 16.2 Å². The number of amides is 4. The molecule has 0 aromatic heterocycles. The van der Waals surface area contributed by atoms with Crippen LogP contribution < -0.4 is 20.1 Å². The molecule has 1 saturated heterocycles. The third-order valence-electron chi connectivity index (χ3n) is 3.78. The van der Waals surface area contributed by atoms with Gasteiger partial charge in [-0.1, -0.05) is 35.3 Å². The van der Waals surface area contributed by atoms with Gasteiger partial charge in [0.2, 0.25) is 0 Å². The van der Waals surface area contributed by atoms with E-state index in [1.807, 2.05) is 16.7 Å². The first kappa shape index (κ1) is 19.7. The molecule has 3 rings (SSSR count). The summed E-state index contributed by atoms with van der Waals surface area (Å²) in [7, 11) is 1.44. The standard InChI is InChI=1S/C19H14Cl2N2O5/c1-27-15-8-11(6-13-17(24)22-19(26)23-18(13)25)7-14(21)16(15)28-9-10-3-2-4-12(20)5-10/h2-8H,9H2,1H3,(H2,22,23,24,25,26). The number of methoxy groups -OCH3 is 1. The molecule has 0 unspecified atom stereocenters. The van der Waals surface area contributed by atoms with E-state index < -0.39 is 17.8 Å². The van der Waals surface area contributed by atoms with Crippen molar-refractivity contribution in [2.75, 3.05) is 7.11 Å². The second-order valence-electron chi connectivity index (χ2n) is 5.75. The number of benzene rings is 2. The zero-order valence-electron chi connectivity index (χ0n) is 14.5. The van der Waals surface area contributed by atoms with Crippen molar-refractivity contribution in [1.29, 1.82) is 0 Å². The lowest BCUT2D eigenvalue weighted by Crippen LogP contribution is -2.51. The maximum Gasteiger partial charge on any atom is 0.328 e. The number of barbiturate groups is 1. The summed E-state index contributed by atoms with van der Waals surface area (Å²) < 4.78 is 11.1. The van der Waals surface area contributed by atoms with Crippen molar-refractivity contribution in [3.05, 3.63) is 63.1 Å².